The summed E-state index contributed by atoms with van der Waals surface area (Å²) in [4.78, 5) is 17.5. The zero-order chi connectivity index (χ0) is 24.9. The van der Waals surface area contributed by atoms with Crippen LogP contribution in [0, 0.1) is 0 Å². The van der Waals surface area contributed by atoms with E-state index in [1.807, 2.05) is 30.3 Å². The van der Waals surface area contributed by atoms with Crippen molar-refractivity contribution in [3.63, 3.8) is 0 Å². The van der Waals surface area contributed by atoms with Gasteiger partial charge >= 0.3 is 0 Å². The Balaban J connectivity index is 0.00000200. The van der Waals surface area contributed by atoms with Gasteiger partial charge in [0.25, 0.3) is 0 Å². The summed E-state index contributed by atoms with van der Waals surface area (Å²) in [6.45, 7) is 5.75. The maximum absolute atomic E-state index is 12.9. The predicted molar refractivity (Wildman–Crippen MR) is 156 cm³/mol. The fraction of sp³-hybridized carbons (Fsp3) is 0.321. The molecule has 1 saturated heterocycles. The molecule has 0 aliphatic carbocycles. The van der Waals surface area contributed by atoms with Crippen LogP contribution in [0.1, 0.15) is 0 Å². The predicted octanol–water partition coefficient (Wildman–Crippen LogP) is 4.88. The summed E-state index contributed by atoms with van der Waals surface area (Å²) >= 11 is 6.08. The molecule has 1 N–H and O–H groups in total. The third kappa shape index (κ3) is 7.32. The van der Waals surface area contributed by atoms with Gasteiger partial charge in [-0.1, -0.05) is 35.9 Å². The number of nitrogens with zero attached hydrogens (tertiary/aromatic N) is 2. The van der Waals surface area contributed by atoms with Gasteiger partial charge in [0.2, 0.25) is 5.43 Å². The quantitative estimate of drug-likeness (QED) is 0.283. The van der Waals surface area contributed by atoms with E-state index in [0.717, 1.165) is 38.5 Å². The highest BCUT2D eigenvalue weighted by Crippen LogP contribution is 2.28. The first-order valence-corrected chi connectivity index (χ1v) is 12.5. The van der Waals surface area contributed by atoms with Crippen LogP contribution in [0.3, 0.4) is 0 Å². The maximum Gasteiger partial charge on any atom is 0.200 e. The second-order valence-corrected chi connectivity index (χ2v) is 9.41. The number of rotatable bonds is 9. The first kappa shape index (κ1) is 30.0. The fourth-order valence-electron chi connectivity index (χ4n) is 4.48. The molecular formula is C28H31Cl3N2O5. The average Bonchev–Trinajstić information content (AvgIpc) is 2.89. The Morgan fingerprint density at radius 1 is 0.895 bits per heavy atom. The molecule has 1 aliphatic heterocycles. The van der Waals surface area contributed by atoms with Crippen molar-refractivity contribution >= 4 is 58.4 Å². The first-order valence-electron chi connectivity index (χ1n) is 12.2. The van der Waals surface area contributed by atoms with Gasteiger partial charge in [0, 0.05) is 50.4 Å². The van der Waals surface area contributed by atoms with Crippen LogP contribution in [0.4, 0.5) is 0 Å². The van der Waals surface area contributed by atoms with Crippen LogP contribution >= 0.6 is 36.4 Å². The highest BCUT2D eigenvalue weighted by molar-refractivity contribution is 6.31. The normalized spacial score (nSPS) is 15.0. The SMILES string of the molecule is Cl.Cl.O=c1c2ccc(Cl)cc2oc2c(OCC(O)CN3CCN(CCOc4ccccc4)CC3)cccc12. The zero-order valence-electron chi connectivity index (χ0n) is 20.8. The summed E-state index contributed by atoms with van der Waals surface area (Å²) in [5.41, 5.74) is 0.625. The maximum atomic E-state index is 12.9. The summed E-state index contributed by atoms with van der Waals surface area (Å²) in [5, 5.41) is 12.0. The summed E-state index contributed by atoms with van der Waals surface area (Å²) in [7, 11) is 0. The molecule has 0 radical (unpaired) electrons. The van der Waals surface area contributed by atoms with Crippen molar-refractivity contribution in [3.8, 4) is 11.5 Å². The molecule has 1 unspecified atom stereocenters. The van der Waals surface area contributed by atoms with Crippen LogP contribution in [0.15, 0.2) is 75.9 Å². The molecule has 10 heteroatoms. The molecule has 1 aliphatic rings. The van der Waals surface area contributed by atoms with Gasteiger partial charge in [0.05, 0.1) is 10.8 Å². The van der Waals surface area contributed by atoms with E-state index in [-0.39, 0.29) is 36.8 Å². The smallest absolute Gasteiger partial charge is 0.200 e. The number of β-amino-alcohol motifs (C(OH)–C–C–N with tert-alkyl or cyclic N) is 1. The minimum absolute atomic E-state index is 0. The number of para-hydroxylation sites is 2. The Morgan fingerprint density at radius 3 is 2.39 bits per heavy atom. The van der Waals surface area contributed by atoms with E-state index in [2.05, 4.69) is 9.80 Å². The van der Waals surface area contributed by atoms with Crippen LogP contribution in [0.25, 0.3) is 21.9 Å². The summed E-state index contributed by atoms with van der Waals surface area (Å²) in [6.07, 6.45) is -0.671. The molecule has 0 spiro atoms. The van der Waals surface area contributed by atoms with E-state index in [0.29, 0.717) is 45.9 Å². The fourth-order valence-corrected chi connectivity index (χ4v) is 4.64. The van der Waals surface area contributed by atoms with Gasteiger partial charge in [-0.3, -0.25) is 14.6 Å². The molecule has 3 aromatic carbocycles. The van der Waals surface area contributed by atoms with Crippen LogP contribution in [0.2, 0.25) is 5.02 Å². The molecule has 4 aromatic rings. The number of halogens is 3. The average molecular weight is 582 g/mol. The lowest BCUT2D eigenvalue weighted by molar-refractivity contribution is 0.0437. The second kappa shape index (κ2) is 14.0. The number of aliphatic hydroxyl groups is 1. The van der Waals surface area contributed by atoms with Gasteiger partial charge in [0.1, 0.15) is 30.7 Å². The molecule has 2 heterocycles. The molecule has 7 nitrogen and oxygen atoms in total. The minimum atomic E-state index is -0.671. The number of aliphatic hydroxyl groups excluding tert-OH is 1. The monoisotopic (exact) mass is 580 g/mol. The molecule has 1 atom stereocenters. The van der Waals surface area contributed by atoms with E-state index in [4.69, 9.17) is 25.5 Å². The third-order valence-corrected chi connectivity index (χ3v) is 6.64. The van der Waals surface area contributed by atoms with Crippen LogP contribution in [-0.2, 0) is 0 Å². The number of piperazine rings is 1. The van der Waals surface area contributed by atoms with E-state index in [9.17, 15) is 9.90 Å². The summed E-state index contributed by atoms with van der Waals surface area (Å²) < 4.78 is 17.7. The number of hydrogen-bond donors (Lipinski definition) is 1. The Bertz CT molecular complexity index is 1380. The molecule has 0 saturated carbocycles. The molecular weight excluding hydrogens is 551 g/mol. The molecule has 1 aromatic heterocycles. The Kier molecular flexibility index (Phi) is 11.1. The van der Waals surface area contributed by atoms with E-state index in [1.54, 1.807) is 36.4 Å². The van der Waals surface area contributed by atoms with Gasteiger partial charge in [-0.2, -0.15) is 0 Å². The lowest BCUT2D eigenvalue weighted by Crippen LogP contribution is -2.50. The Labute approximate surface area is 238 Å². The first-order chi connectivity index (χ1) is 17.6. The van der Waals surface area contributed by atoms with Crippen LogP contribution < -0.4 is 14.9 Å². The van der Waals surface area contributed by atoms with Crippen molar-refractivity contribution in [1.82, 2.24) is 9.80 Å². The van der Waals surface area contributed by atoms with Gasteiger partial charge in [-0.25, -0.2) is 0 Å². The number of benzene rings is 3. The summed E-state index contributed by atoms with van der Waals surface area (Å²) in [5.74, 6) is 1.32. The van der Waals surface area contributed by atoms with Gasteiger partial charge in [-0.05, 0) is 36.4 Å². The topological polar surface area (TPSA) is 75.4 Å². The zero-order valence-corrected chi connectivity index (χ0v) is 23.1. The van der Waals surface area contributed by atoms with Gasteiger partial charge in [-0.15, -0.1) is 24.8 Å². The summed E-state index contributed by atoms with van der Waals surface area (Å²) in [6, 6.07) is 20.0. The van der Waals surface area contributed by atoms with Crippen LogP contribution in [-0.4, -0.2) is 73.5 Å². The third-order valence-electron chi connectivity index (χ3n) is 6.41. The van der Waals surface area contributed by atoms with Crippen molar-refractivity contribution in [2.24, 2.45) is 0 Å². The van der Waals surface area contributed by atoms with Crippen LogP contribution in [0.5, 0.6) is 11.5 Å². The van der Waals surface area contributed by atoms with E-state index < -0.39 is 6.10 Å². The number of fused-ring (bicyclic) bond motifs is 2. The molecule has 38 heavy (non-hydrogen) atoms. The molecule has 0 amide bonds. The highest BCUT2D eigenvalue weighted by Gasteiger charge is 2.20. The van der Waals surface area contributed by atoms with E-state index in [1.165, 1.54) is 0 Å². The lowest BCUT2D eigenvalue weighted by Gasteiger charge is -2.35. The van der Waals surface area contributed by atoms with Crippen molar-refractivity contribution in [3.05, 3.63) is 82.0 Å². The van der Waals surface area contributed by atoms with Crippen molar-refractivity contribution < 1.29 is 19.0 Å². The lowest BCUT2D eigenvalue weighted by atomic mass is 10.1. The van der Waals surface area contributed by atoms with Crippen molar-refractivity contribution in [1.29, 1.82) is 0 Å². The Hall–Kier alpha value is -2.52. The molecule has 0 bridgehead atoms. The molecule has 1 fully saturated rings. The Morgan fingerprint density at radius 2 is 1.63 bits per heavy atom. The second-order valence-electron chi connectivity index (χ2n) is 8.97. The minimum Gasteiger partial charge on any atom is -0.492 e. The van der Waals surface area contributed by atoms with Crippen molar-refractivity contribution in [2.75, 3.05) is 52.5 Å². The molecule has 204 valence electrons. The largest absolute Gasteiger partial charge is 0.492 e. The molecule has 5 rings (SSSR count). The van der Waals surface area contributed by atoms with Gasteiger partial charge in [0.15, 0.2) is 11.3 Å². The van der Waals surface area contributed by atoms with Gasteiger partial charge < -0.3 is 19.0 Å². The van der Waals surface area contributed by atoms with Crippen molar-refractivity contribution in [2.45, 2.75) is 6.10 Å². The standard InChI is InChI=1S/C28H29ClN2O5.2ClH/c29-20-9-10-23-26(17-20)36-28-24(27(23)33)7-4-8-25(28)35-19-21(32)18-31-13-11-30(12-14-31)15-16-34-22-5-2-1-3-6-22;;/h1-10,17,21,32H,11-16,18-19H2;2*1H. The van der Waals surface area contributed by atoms with E-state index >= 15 is 0 Å². The highest BCUT2D eigenvalue weighted by atomic mass is 35.5. The number of ether oxygens (including phenoxy) is 2. The number of hydrogen-bond acceptors (Lipinski definition) is 7.